The predicted octanol–water partition coefficient (Wildman–Crippen LogP) is 2.76. The molecule has 98 valence electrons. The highest BCUT2D eigenvalue weighted by Crippen LogP contribution is 2.47. The zero-order chi connectivity index (χ0) is 12.8. The van der Waals surface area contributed by atoms with Crippen molar-refractivity contribution in [3.8, 4) is 0 Å². The van der Waals surface area contributed by atoms with Gasteiger partial charge in [-0.3, -0.25) is 10.1 Å². The molecule has 2 unspecified atom stereocenters. The lowest BCUT2D eigenvalue weighted by atomic mass is 10.1. The SMILES string of the molecule is CCC1NC(c2ccsc2)N(CC2(C)CC2)C1=O. The Morgan fingerprint density at radius 3 is 2.89 bits per heavy atom. The van der Waals surface area contributed by atoms with Gasteiger partial charge in [0.2, 0.25) is 5.91 Å². The molecule has 2 aliphatic rings. The quantitative estimate of drug-likeness (QED) is 0.907. The van der Waals surface area contributed by atoms with Gasteiger partial charge in [0.25, 0.3) is 0 Å². The minimum absolute atomic E-state index is 0.00255. The molecule has 1 amide bonds. The van der Waals surface area contributed by atoms with Crippen LogP contribution in [0.25, 0.3) is 0 Å². The van der Waals surface area contributed by atoms with Crippen LogP contribution >= 0.6 is 11.3 Å². The van der Waals surface area contributed by atoms with Crippen molar-refractivity contribution in [3.05, 3.63) is 22.4 Å². The molecule has 4 heteroatoms. The molecule has 0 aromatic carbocycles. The van der Waals surface area contributed by atoms with E-state index in [1.807, 2.05) is 0 Å². The Labute approximate surface area is 112 Å². The third-order valence-corrected chi connectivity index (χ3v) is 4.88. The fourth-order valence-electron chi connectivity index (χ4n) is 2.63. The van der Waals surface area contributed by atoms with Crippen molar-refractivity contribution in [2.45, 2.75) is 45.3 Å². The summed E-state index contributed by atoms with van der Waals surface area (Å²) in [6.07, 6.45) is 3.46. The summed E-state index contributed by atoms with van der Waals surface area (Å²) < 4.78 is 0. The van der Waals surface area contributed by atoms with E-state index >= 15 is 0 Å². The van der Waals surface area contributed by atoms with E-state index in [0.29, 0.717) is 5.41 Å². The van der Waals surface area contributed by atoms with Crippen LogP contribution in [0.2, 0.25) is 0 Å². The van der Waals surface area contributed by atoms with Crippen LogP contribution in [0.1, 0.15) is 44.8 Å². The topological polar surface area (TPSA) is 32.3 Å². The van der Waals surface area contributed by atoms with Crippen molar-refractivity contribution in [1.82, 2.24) is 10.2 Å². The monoisotopic (exact) mass is 264 g/mol. The molecular formula is C14H20N2OS. The van der Waals surface area contributed by atoms with Crippen LogP contribution in [-0.2, 0) is 4.79 Å². The number of amides is 1. The Kier molecular flexibility index (Phi) is 2.94. The lowest BCUT2D eigenvalue weighted by Crippen LogP contribution is -2.35. The summed E-state index contributed by atoms with van der Waals surface area (Å²) >= 11 is 1.69. The molecule has 1 aliphatic heterocycles. The van der Waals surface area contributed by atoms with Crippen LogP contribution in [0.3, 0.4) is 0 Å². The average Bonchev–Trinajstić information content (AvgIpc) is 2.81. The molecule has 0 spiro atoms. The van der Waals surface area contributed by atoms with E-state index in [0.717, 1.165) is 13.0 Å². The number of nitrogens with one attached hydrogen (secondary N) is 1. The highest BCUT2D eigenvalue weighted by molar-refractivity contribution is 7.07. The van der Waals surface area contributed by atoms with Crippen LogP contribution in [0.15, 0.2) is 16.8 Å². The fraction of sp³-hybridized carbons (Fsp3) is 0.643. The normalized spacial score (nSPS) is 29.9. The molecule has 1 aliphatic carbocycles. The van der Waals surface area contributed by atoms with Crippen molar-refractivity contribution >= 4 is 17.2 Å². The second-order valence-electron chi connectivity index (χ2n) is 5.86. The molecule has 3 rings (SSSR count). The second kappa shape index (κ2) is 4.35. The smallest absolute Gasteiger partial charge is 0.241 e. The molecule has 18 heavy (non-hydrogen) atoms. The molecule has 3 nitrogen and oxygen atoms in total. The van der Waals surface area contributed by atoms with E-state index in [2.05, 4.69) is 40.9 Å². The van der Waals surface area contributed by atoms with E-state index in [1.165, 1.54) is 18.4 Å². The number of nitrogens with zero attached hydrogens (tertiary/aromatic N) is 1. The van der Waals surface area contributed by atoms with Crippen LogP contribution in [0, 0.1) is 5.41 Å². The van der Waals surface area contributed by atoms with Gasteiger partial charge in [-0.2, -0.15) is 11.3 Å². The molecule has 1 aromatic rings. The largest absolute Gasteiger partial charge is 0.321 e. The summed E-state index contributed by atoms with van der Waals surface area (Å²) in [5, 5.41) is 7.70. The molecule has 2 heterocycles. The van der Waals surface area contributed by atoms with Gasteiger partial charge in [0.15, 0.2) is 0 Å². The first-order chi connectivity index (χ1) is 8.63. The van der Waals surface area contributed by atoms with Crippen LogP contribution in [-0.4, -0.2) is 23.4 Å². The van der Waals surface area contributed by atoms with Gasteiger partial charge < -0.3 is 4.90 Å². The Bertz CT molecular complexity index is 439. The van der Waals surface area contributed by atoms with E-state index in [9.17, 15) is 4.79 Å². The molecular weight excluding hydrogens is 244 g/mol. The number of thiophene rings is 1. The van der Waals surface area contributed by atoms with Crippen molar-refractivity contribution in [2.24, 2.45) is 5.41 Å². The maximum absolute atomic E-state index is 12.4. The van der Waals surface area contributed by atoms with Crippen molar-refractivity contribution in [3.63, 3.8) is 0 Å². The van der Waals surface area contributed by atoms with E-state index < -0.39 is 0 Å². The highest BCUT2D eigenvalue weighted by atomic mass is 32.1. The summed E-state index contributed by atoms with van der Waals surface area (Å²) in [6.45, 7) is 5.25. The highest BCUT2D eigenvalue weighted by Gasteiger charge is 2.46. The molecule has 1 saturated heterocycles. The van der Waals surface area contributed by atoms with Gasteiger partial charge in [0.05, 0.1) is 6.04 Å². The molecule has 0 bridgehead atoms. The predicted molar refractivity (Wildman–Crippen MR) is 73.3 cm³/mol. The Hall–Kier alpha value is -0.870. The lowest BCUT2D eigenvalue weighted by Gasteiger charge is -2.26. The minimum atomic E-state index is -0.00255. The first-order valence-electron chi connectivity index (χ1n) is 6.71. The molecule has 2 fully saturated rings. The number of carbonyl (C=O) groups excluding carboxylic acids is 1. The van der Waals surface area contributed by atoms with Crippen molar-refractivity contribution in [1.29, 1.82) is 0 Å². The minimum Gasteiger partial charge on any atom is -0.321 e. The maximum atomic E-state index is 12.4. The van der Waals surface area contributed by atoms with Crippen molar-refractivity contribution in [2.75, 3.05) is 6.54 Å². The fourth-order valence-corrected chi connectivity index (χ4v) is 3.31. The number of hydrogen-bond acceptors (Lipinski definition) is 3. The Morgan fingerprint density at radius 1 is 1.56 bits per heavy atom. The molecule has 1 saturated carbocycles. The number of rotatable bonds is 4. The molecule has 2 atom stereocenters. The maximum Gasteiger partial charge on any atom is 0.241 e. The van der Waals surface area contributed by atoms with Gasteiger partial charge in [0.1, 0.15) is 6.17 Å². The van der Waals surface area contributed by atoms with Gasteiger partial charge >= 0.3 is 0 Å². The Balaban J connectivity index is 1.83. The van der Waals surface area contributed by atoms with E-state index in [-0.39, 0.29) is 18.1 Å². The van der Waals surface area contributed by atoms with Crippen LogP contribution in [0.4, 0.5) is 0 Å². The van der Waals surface area contributed by atoms with Gasteiger partial charge in [-0.25, -0.2) is 0 Å². The van der Waals surface area contributed by atoms with Crippen molar-refractivity contribution < 1.29 is 4.79 Å². The van der Waals surface area contributed by atoms with E-state index in [4.69, 9.17) is 0 Å². The zero-order valence-electron chi connectivity index (χ0n) is 11.0. The van der Waals surface area contributed by atoms with Gasteiger partial charge in [0, 0.05) is 6.54 Å². The summed E-state index contributed by atoms with van der Waals surface area (Å²) in [4.78, 5) is 14.5. The molecule has 0 radical (unpaired) electrons. The summed E-state index contributed by atoms with van der Waals surface area (Å²) in [5.74, 6) is 0.279. The first kappa shape index (κ1) is 12.2. The van der Waals surface area contributed by atoms with Crippen LogP contribution < -0.4 is 5.32 Å². The Morgan fingerprint density at radius 2 is 2.33 bits per heavy atom. The summed E-state index contributed by atoms with van der Waals surface area (Å²) in [5.41, 5.74) is 1.60. The molecule has 1 N–H and O–H groups in total. The summed E-state index contributed by atoms with van der Waals surface area (Å²) in [7, 11) is 0. The first-order valence-corrected chi connectivity index (χ1v) is 7.66. The second-order valence-corrected chi connectivity index (χ2v) is 6.64. The standard InChI is InChI=1S/C14H20N2OS/c1-3-11-13(17)16(9-14(2)5-6-14)12(15-11)10-4-7-18-8-10/h4,7-8,11-12,15H,3,5-6,9H2,1-2H3. The lowest BCUT2D eigenvalue weighted by molar-refractivity contribution is -0.130. The number of hydrogen-bond donors (Lipinski definition) is 1. The van der Waals surface area contributed by atoms with Crippen LogP contribution in [0.5, 0.6) is 0 Å². The van der Waals surface area contributed by atoms with E-state index in [1.54, 1.807) is 11.3 Å². The van der Waals surface area contributed by atoms with Gasteiger partial charge in [-0.05, 0) is 47.1 Å². The summed E-state index contributed by atoms with van der Waals surface area (Å²) in [6, 6.07) is 2.12. The third-order valence-electron chi connectivity index (χ3n) is 4.17. The average molecular weight is 264 g/mol. The zero-order valence-corrected chi connectivity index (χ0v) is 11.8. The third kappa shape index (κ3) is 2.08. The molecule has 1 aromatic heterocycles. The van der Waals surface area contributed by atoms with Gasteiger partial charge in [-0.15, -0.1) is 0 Å². The van der Waals surface area contributed by atoms with Gasteiger partial charge in [-0.1, -0.05) is 13.8 Å². The number of carbonyl (C=O) groups is 1.